The molecule has 0 aliphatic heterocycles. The molecule has 0 saturated heterocycles. The highest BCUT2D eigenvalue weighted by molar-refractivity contribution is 6.30. The minimum absolute atomic E-state index is 0.715. The second-order valence-electron chi connectivity index (χ2n) is 5.14. The lowest BCUT2D eigenvalue weighted by molar-refractivity contribution is 0.709. The Balaban J connectivity index is 2.11. The molecule has 0 atom stereocenters. The molecular weight excluding hydrogens is 270 g/mol. The van der Waals surface area contributed by atoms with Crippen LogP contribution in [-0.2, 0) is 12.8 Å². The summed E-state index contributed by atoms with van der Waals surface area (Å²) in [6, 6.07) is 7.72. The zero-order chi connectivity index (χ0) is 13.9. The number of benzene rings is 1. The first-order chi connectivity index (χ1) is 9.78. The zero-order valence-corrected chi connectivity index (χ0v) is 12.4. The summed E-state index contributed by atoms with van der Waals surface area (Å²) in [5.74, 6) is 1.73. The Kier molecular flexibility index (Phi) is 3.88. The van der Waals surface area contributed by atoms with E-state index < -0.39 is 0 Å². The van der Waals surface area contributed by atoms with Crippen LogP contribution in [0.2, 0.25) is 5.02 Å². The molecule has 1 heterocycles. The number of aryl methyl sites for hydroxylation is 1. The Morgan fingerprint density at radius 3 is 2.75 bits per heavy atom. The Morgan fingerprint density at radius 1 is 1.10 bits per heavy atom. The molecule has 0 saturated carbocycles. The summed E-state index contributed by atoms with van der Waals surface area (Å²) in [5.41, 5.74) is 3.45. The van der Waals surface area contributed by atoms with Gasteiger partial charge >= 0.3 is 0 Å². The van der Waals surface area contributed by atoms with Crippen molar-refractivity contribution < 1.29 is 0 Å². The van der Waals surface area contributed by atoms with Gasteiger partial charge in [-0.05, 0) is 37.8 Å². The lowest BCUT2D eigenvalue weighted by atomic mass is 10.1. The summed E-state index contributed by atoms with van der Waals surface area (Å²) in [4.78, 5) is 9.46. The molecule has 20 heavy (non-hydrogen) atoms. The monoisotopic (exact) mass is 287 g/mol. The van der Waals surface area contributed by atoms with E-state index in [0.29, 0.717) is 5.02 Å². The van der Waals surface area contributed by atoms with Crippen LogP contribution < -0.4 is 5.32 Å². The molecule has 0 amide bonds. The van der Waals surface area contributed by atoms with E-state index in [0.717, 1.165) is 30.0 Å². The first kappa shape index (κ1) is 13.4. The van der Waals surface area contributed by atoms with Gasteiger partial charge in [-0.2, -0.15) is 0 Å². The molecule has 0 radical (unpaired) electrons. The Labute approximate surface area is 124 Å². The number of nitrogens with one attached hydrogen (secondary N) is 1. The highest BCUT2D eigenvalue weighted by atomic mass is 35.5. The maximum Gasteiger partial charge on any atom is 0.161 e. The van der Waals surface area contributed by atoms with Crippen molar-refractivity contribution in [2.24, 2.45) is 0 Å². The van der Waals surface area contributed by atoms with Crippen molar-refractivity contribution in [1.29, 1.82) is 0 Å². The van der Waals surface area contributed by atoms with Gasteiger partial charge in [0.1, 0.15) is 5.82 Å². The summed E-state index contributed by atoms with van der Waals surface area (Å²) in [7, 11) is 1.93. The number of hydrogen-bond acceptors (Lipinski definition) is 3. The van der Waals surface area contributed by atoms with Crippen LogP contribution >= 0.6 is 11.6 Å². The van der Waals surface area contributed by atoms with Crippen LogP contribution in [0, 0.1) is 0 Å². The molecule has 0 fully saturated rings. The van der Waals surface area contributed by atoms with Crippen molar-refractivity contribution in [3.8, 4) is 11.4 Å². The van der Waals surface area contributed by atoms with Crippen molar-refractivity contribution in [1.82, 2.24) is 9.97 Å². The number of fused-ring (bicyclic) bond motifs is 1. The number of nitrogens with zero attached hydrogens (tertiary/aromatic N) is 2. The summed E-state index contributed by atoms with van der Waals surface area (Å²) in [6.45, 7) is 0. The SMILES string of the molecule is CNc1nc(-c2cccc(Cl)c2)nc2c1CCCCC2. The molecule has 1 aromatic carbocycles. The number of aromatic nitrogens is 2. The van der Waals surface area contributed by atoms with Gasteiger partial charge in [-0.25, -0.2) is 9.97 Å². The van der Waals surface area contributed by atoms with Gasteiger partial charge in [-0.15, -0.1) is 0 Å². The summed E-state index contributed by atoms with van der Waals surface area (Å²) >= 11 is 6.07. The number of rotatable bonds is 2. The maximum atomic E-state index is 6.07. The number of hydrogen-bond donors (Lipinski definition) is 1. The molecule has 3 nitrogen and oxygen atoms in total. The van der Waals surface area contributed by atoms with Gasteiger partial charge in [-0.3, -0.25) is 0 Å². The van der Waals surface area contributed by atoms with Crippen LogP contribution in [0.4, 0.5) is 5.82 Å². The third-order valence-electron chi connectivity index (χ3n) is 3.75. The molecule has 1 aromatic heterocycles. The van der Waals surface area contributed by atoms with Crippen LogP contribution in [0.15, 0.2) is 24.3 Å². The smallest absolute Gasteiger partial charge is 0.161 e. The van der Waals surface area contributed by atoms with Crippen molar-refractivity contribution >= 4 is 17.4 Å². The molecular formula is C16H18ClN3. The van der Waals surface area contributed by atoms with Gasteiger partial charge in [0, 0.05) is 28.9 Å². The average molecular weight is 288 g/mol. The van der Waals surface area contributed by atoms with Crippen molar-refractivity contribution in [2.45, 2.75) is 32.1 Å². The molecule has 4 heteroatoms. The van der Waals surface area contributed by atoms with Gasteiger partial charge < -0.3 is 5.32 Å². The van der Waals surface area contributed by atoms with Crippen molar-refractivity contribution in [3.63, 3.8) is 0 Å². The van der Waals surface area contributed by atoms with Crippen molar-refractivity contribution in [2.75, 3.05) is 12.4 Å². The van der Waals surface area contributed by atoms with E-state index in [9.17, 15) is 0 Å². The third kappa shape index (κ3) is 2.63. The largest absolute Gasteiger partial charge is 0.373 e. The molecule has 3 rings (SSSR count). The number of anilines is 1. The zero-order valence-electron chi connectivity index (χ0n) is 11.6. The fraction of sp³-hybridized carbons (Fsp3) is 0.375. The first-order valence-corrected chi connectivity index (χ1v) is 7.49. The van der Waals surface area contributed by atoms with Gasteiger partial charge in [0.05, 0.1) is 0 Å². The minimum atomic E-state index is 0.715. The molecule has 0 bridgehead atoms. The summed E-state index contributed by atoms with van der Waals surface area (Å²) in [6.07, 6.45) is 5.82. The lowest BCUT2D eigenvalue weighted by Crippen LogP contribution is -2.06. The topological polar surface area (TPSA) is 37.8 Å². The van der Waals surface area contributed by atoms with Gasteiger partial charge in [0.25, 0.3) is 0 Å². The van der Waals surface area contributed by atoms with Crippen LogP contribution in [-0.4, -0.2) is 17.0 Å². The van der Waals surface area contributed by atoms with Crippen LogP contribution in [0.3, 0.4) is 0 Å². The Bertz CT molecular complexity index is 625. The van der Waals surface area contributed by atoms with Gasteiger partial charge in [0.2, 0.25) is 0 Å². The molecule has 1 aliphatic carbocycles. The fourth-order valence-electron chi connectivity index (χ4n) is 2.73. The standard InChI is InChI=1S/C16H18ClN3/c1-18-16-13-8-3-2-4-9-14(13)19-15(20-16)11-6-5-7-12(17)10-11/h5-7,10H,2-4,8-9H2,1H3,(H,18,19,20). The van der Waals surface area contributed by atoms with E-state index in [-0.39, 0.29) is 0 Å². The Hall–Kier alpha value is -1.61. The average Bonchev–Trinajstić information content (AvgIpc) is 2.71. The Morgan fingerprint density at radius 2 is 1.95 bits per heavy atom. The highest BCUT2D eigenvalue weighted by Crippen LogP contribution is 2.28. The summed E-state index contributed by atoms with van der Waals surface area (Å²) in [5, 5.41) is 3.94. The molecule has 0 unspecified atom stereocenters. The molecule has 1 N–H and O–H groups in total. The fourth-order valence-corrected chi connectivity index (χ4v) is 2.92. The van der Waals surface area contributed by atoms with Gasteiger partial charge in [-0.1, -0.05) is 30.2 Å². The first-order valence-electron chi connectivity index (χ1n) is 7.11. The van der Waals surface area contributed by atoms with E-state index >= 15 is 0 Å². The molecule has 104 valence electrons. The lowest BCUT2D eigenvalue weighted by Gasteiger charge is -2.13. The van der Waals surface area contributed by atoms with E-state index in [4.69, 9.17) is 16.6 Å². The van der Waals surface area contributed by atoms with E-state index in [1.165, 1.54) is 30.5 Å². The maximum absolute atomic E-state index is 6.07. The van der Waals surface area contributed by atoms with Crippen LogP contribution in [0.5, 0.6) is 0 Å². The molecule has 0 spiro atoms. The molecule has 2 aromatic rings. The predicted octanol–water partition coefficient (Wildman–Crippen LogP) is 4.11. The number of halogens is 1. The van der Waals surface area contributed by atoms with Crippen molar-refractivity contribution in [3.05, 3.63) is 40.5 Å². The van der Waals surface area contributed by atoms with Gasteiger partial charge in [0.15, 0.2) is 5.82 Å². The van der Waals surface area contributed by atoms with E-state index in [1.54, 1.807) is 0 Å². The second kappa shape index (κ2) is 5.80. The van der Waals surface area contributed by atoms with Crippen LogP contribution in [0.25, 0.3) is 11.4 Å². The van der Waals surface area contributed by atoms with E-state index in [2.05, 4.69) is 10.3 Å². The summed E-state index contributed by atoms with van der Waals surface area (Å²) < 4.78 is 0. The van der Waals surface area contributed by atoms with E-state index in [1.807, 2.05) is 31.3 Å². The predicted molar refractivity (Wildman–Crippen MR) is 83.3 cm³/mol. The minimum Gasteiger partial charge on any atom is -0.373 e. The quantitative estimate of drug-likeness (QED) is 0.845. The van der Waals surface area contributed by atoms with Crippen LogP contribution in [0.1, 0.15) is 30.5 Å². The second-order valence-corrected chi connectivity index (χ2v) is 5.58. The molecule has 1 aliphatic rings. The normalized spacial score (nSPS) is 14.5. The highest BCUT2D eigenvalue weighted by Gasteiger charge is 2.16. The third-order valence-corrected chi connectivity index (χ3v) is 3.99.